The molecular weight excluding hydrogens is 330 g/mol. The molecular formula is C20H23N3O3. The molecule has 0 fully saturated rings. The largest absolute Gasteiger partial charge is 0.347 e. The predicted molar refractivity (Wildman–Crippen MR) is 102 cm³/mol. The van der Waals surface area contributed by atoms with Gasteiger partial charge in [0.15, 0.2) is 0 Å². The molecule has 0 spiro atoms. The molecule has 0 unspecified atom stereocenters. The first-order valence-electron chi connectivity index (χ1n) is 8.26. The average molecular weight is 353 g/mol. The van der Waals surface area contributed by atoms with Crippen molar-refractivity contribution < 1.29 is 14.4 Å². The fourth-order valence-corrected chi connectivity index (χ4v) is 2.30. The lowest BCUT2D eigenvalue weighted by molar-refractivity contribution is -0.114. The maximum atomic E-state index is 12.4. The summed E-state index contributed by atoms with van der Waals surface area (Å²) in [4.78, 5) is 35.8. The molecule has 0 aliphatic carbocycles. The second-order valence-corrected chi connectivity index (χ2v) is 7.00. The van der Waals surface area contributed by atoms with Gasteiger partial charge >= 0.3 is 0 Å². The van der Waals surface area contributed by atoms with E-state index in [9.17, 15) is 14.4 Å². The molecule has 0 radical (unpaired) electrons. The minimum Gasteiger partial charge on any atom is -0.347 e. The van der Waals surface area contributed by atoms with Gasteiger partial charge in [0, 0.05) is 35.0 Å². The fourth-order valence-electron chi connectivity index (χ4n) is 2.30. The Morgan fingerprint density at radius 2 is 1.27 bits per heavy atom. The van der Waals surface area contributed by atoms with E-state index < -0.39 is 0 Å². The van der Waals surface area contributed by atoms with Crippen LogP contribution in [0.25, 0.3) is 0 Å². The first-order chi connectivity index (χ1) is 12.1. The van der Waals surface area contributed by atoms with Crippen LogP contribution < -0.4 is 16.0 Å². The molecule has 6 heteroatoms. The van der Waals surface area contributed by atoms with Crippen LogP contribution in [-0.4, -0.2) is 23.3 Å². The molecule has 6 nitrogen and oxygen atoms in total. The molecule has 0 heterocycles. The van der Waals surface area contributed by atoms with Gasteiger partial charge in [0.2, 0.25) is 5.91 Å². The molecule has 2 rings (SSSR count). The van der Waals surface area contributed by atoms with Crippen molar-refractivity contribution in [2.75, 3.05) is 10.6 Å². The van der Waals surface area contributed by atoms with Crippen molar-refractivity contribution in [3.05, 3.63) is 59.7 Å². The molecule has 26 heavy (non-hydrogen) atoms. The molecule has 3 amide bonds. The van der Waals surface area contributed by atoms with Gasteiger partial charge in [0.25, 0.3) is 11.8 Å². The number of hydrogen-bond donors (Lipinski definition) is 3. The lowest BCUT2D eigenvalue weighted by Gasteiger charge is -2.20. The number of anilines is 2. The molecule has 0 bridgehead atoms. The van der Waals surface area contributed by atoms with Crippen LogP contribution in [0.15, 0.2) is 48.5 Å². The van der Waals surface area contributed by atoms with E-state index in [0.29, 0.717) is 22.5 Å². The first kappa shape index (κ1) is 19.2. The summed E-state index contributed by atoms with van der Waals surface area (Å²) in [5, 5.41) is 8.28. The number of hydrogen-bond acceptors (Lipinski definition) is 3. The highest BCUT2D eigenvalue weighted by Gasteiger charge is 2.16. The van der Waals surface area contributed by atoms with Gasteiger partial charge in [-0.2, -0.15) is 0 Å². The Hall–Kier alpha value is -3.15. The lowest BCUT2D eigenvalue weighted by Crippen LogP contribution is -2.40. The van der Waals surface area contributed by atoms with E-state index >= 15 is 0 Å². The van der Waals surface area contributed by atoms with Crippen molar-refractivity contribution in [1.29, 1.82) is 0 Å². The highest BCUT2D eigenvalue weighted by atomic mass is 16.2. The van der Waals surface area contributed by atoms with E-state index in [1.165, 1.54) is 6.92 Å². The molecule has 0 saturated heterocycles. The lowest BCUT2D eigenvalue weighted by atomic mass is 10.1. The van der Waals surface area contributed by atoms with E-state index in [-0.39, 0.29) is 23.3 Å². The summed E-state index contributed by atoms with van der Waals surface area (Å²) in [6.07, 6.45) is 0. The first-order valence-corrected chi connectivity index (χ1v) is 8.26. The van der Waals surface area contributed by atoms with E-state index in [0.717, 1.165) is 0 Å². The minimum absolute atomic E-state index is 0.207. The van der Waals surface area contributed by atoms with Gasteiger partial charge in [-0.3, -0.25) is 14.4 Å². The Labute approximate surface area is 153 Å². The standard InChI is InChI=1S/C20H23N3O3/c1-13(24)21-16-9-5-7-14(11-16)18(25)22-17-10-6-8-15(12-17)19(26)23-20(2,3)4/h5-12H,1-4H3,(H,21,24)(H,22,25)(H,23,26). The summed E-state index contributed by atoms with van der Waals surface area (Å²) >= 11 is 0. The number of amides is 3. The van der Waals surface area contributed by atoms with Crippen LogP contribution in [0.3, 0.4) is 0 Å². The number of benzene rings is 2. The Bertz CT molecular complexity index is 838. The van der Waals surface area contributed by atoms with Crippen molar-refractivity contribution in [1.82, 2.24) is 5.32 Å². The normalized spacial score (nSPS) is 10.8. The summed E-state index contributed by atoms with van der Waals surface area (Å²) in [5.74, 6) is -0.744. The van der Waals surface area contributed by atoms with Crippen LogP contribution in [-0.2, 0) is 4.79 Å². The maximum absolute atomic E-state index is 12.4. The number of rotatable bonds is 4. The van der Waals surface area contributed by atoms with Gasteiger partial charge in [0.05, 0.1) is 0 Å². The summed E-state index contributed by atoms with van der Waals surface area (Å²) in [7, 11) is 0. The van der Waals surface area contributed by atoms with Crippen molar-refractivity contribution in [3.63, 3.8) is 0 Å². The second-order valence-electron chi connectivity index (χ2n) is 7.00. The van der Waals surface area contributed by atoms with Gasteiger partial charge in [-0.05, 0) is 57.2 Å². The van der Waals surface area contributed by atoms with E-state index in [1.807, 2.05) is 20.8 Å². The quantitative estimate of drug-likeness (QED) is 0.787. The molecule has 0 aliphatic rings. The Kier molecular flexibility index (Phi) is 5.77. The monoisotopic (exact) mass is 353 g/mol. The third-order valence-electron chi connectivity index (χ3n) is 3.32. The van der Waals surface area contributed by atoms with Gasteiger partial charge in [-0.25, -0.2) is 0 Å². The van der Waals surface area contributed by atoms with Crippen LogP contribution >= 0.6 is 0 Å². The predicted octanol–water partition coefficient (Wildman–Crippen LogP) is 3.43. The molecule has 0 aromatic heterocycles. The smallest absolute Gasteiger partial charge is 0.255 e. The average Bonchev–Trinajstić information content (AvgIpc) is 2.53. The Balaban J connectivity index is 2.13. The molecule has 2 aromatic carbocycles. The molecule has 0 atom stereocenters. The van der Waals surface area contributed by atoms with E-state index in [2.05, 4.69) is 16.0 Å². The van der Waals surface area contributed by atoms with Crippen molar-refractivity contribution in [2.24, 2.45) is 0 Å². The zero-order valence-electron chi connectivity index (χ0n) is 15.3. The third-order valence-corrected chi connectivity index (χ3v) is 3.32. The van der Waals surface area contributed by atoms with Crippen LogP contribution in [0.4, 0.5) is 11.4 Å². The van der Waals surface area contributed by atoms with Gasteiger partial charge in [-0.1, -0.05) is 12.1 Å². The van der Waals surface area contributed by atoms with E-state index in [1.54, 1.807) is 48.5 Å². The minimum atomic E-state index is -0.347. The summed E-state index contributed by atoms with van der Waals surface area (Å²) in [5.41, 5.74) is 1.58. The summed E-state index contributed by atoms with van der Waals surface area (Å²) < 4.78 is 0. The molecule has 2 aromatic rings. The SMILES string of the molecule is CC(=O)Nc1cccc(C(=O)Nc2cccc(C(=O)NC(C)(C)C)c2)c1. The number of carbonyl (C=O) groups excluding carboxylic acids is 3. The summed E-state index contributed by atoms with van der Waals surface area (Å²) in [6, 6.07) is 13.4. The fraction of sp³-hybridized carbons (Fsp3) is 0.250. The second kappa shape index (κ2) is 7.82. The zero-order valence-corrected chi connectivity index (χ0v) is 15.3. The van der Waals surface area contributed by atoms with Crippen LogP contribution in [0.2, 0.25) is 0 Å². The van der Waals surface area contributed by atoms with Gasteiger partial charge in [-0.15, -0.1) is 0 Å². The molecule has 136 valence electrons. The third kappa shape index (κ3) is 5.73. The topological polar surface area (TPSA) is 87.3 Å². The van der Waals surface area contributed by atoms with Crippen molar-refractivity contribution in [3.8, 4) is 0 Å². The van der Waals surface area contributed by atoms with Crippen LogP contribution in [0, 0.1) is 0 Å². The highest BCUT2D eigenvalue weighted by molar-refractivity contribution is 6.06. The highest BCUT2D eigenvalue weighted by Crippen LogP contribution is 2.16. The van der Waals surface area contributed by atoms with Crippen molar-refractivity contribution >= 4 is 29.1 Å². The number of carbonyl (C=O) groups is 3. The van der Waals surface area contributed by atoms with Gasteiger partial charge < -0.3 is 16.0 Å². The van der Waals surface area contributed by atoms with Gasteiger partial charge in [0.1, 0.15) is 0 Å². The van der Waals surface area contributed by atoms with Crippen LogP contribution in [0.1, 0.15) is 48.4 Å². The Morgan fingerprint density at radius 3 is 1.77 bits per heavy atom. The molecule has 3 N–H and O–H groups in total. The van der Waals surface area contributed by atoms with Crippen LogP contribution in [0.5, 0.6) is 0 Å². The molecule has 0 saturated carbocycles. The number of nitrogens with one attached hydrogen (secondary N) is 3. The zero-order chi connectivity index (χ0) is 19.3. The molecule has 0 aliphatic heterocycles. The van der Waals surface area contributed by atoms with Crippen molar-refractivity contribution in [2.45, 2.75) is 33.2 Å². The summed E-state index contributed by atoms with van der Waals surface area (Å²) in [6.45, 7) is 7.11. The Morgan fingerprint density at radius 1 is 0.769 bits per heavy atom. The van der Waals surface area contributed by atoms with E-state index in [4.69, 9.17) is 0 Å². The maximum Gasteiger partial charge on any atom is 0.255 e.